The van der Waals surface area contributed by atoms with Crippen LogP contribution in [0.1, 0.15) is 25.8 Å². The number of carbonyl (C=O) groups is 1. The topological polar surface area (TPSA) is 42.4 Å². The third-order valence-corrected chi connectivity index (χ3v) is 3.83. The first-order valence-corrected chi connectivity index (χ1v) is 7.53. The zero-order valence-electron chi connectivity index (χ0n) is 13.2. The molecule has 4 heteroatoms. The van der Waals surface area contributed by atoms with E-state index >= 15 is 0 Å². The number of hydrogen-bond acceptors (Lipinski definition) is 3. The summed E-state index contributed by atoms with van der Waals surface area (Å²) in [6.45, 7) is 4.35. The van der Waals surface area contributed by atoms with E-state index < -0.39 is 11.7 Å². The Labute approximate surface area is 136 Å². The zero-order chi connectivity index (χ0) is 16.4. The molecule has 0 aromatic carbocycles. The highest BCUT2D eigenvalue weighted by atomic mass is 16.6. The Morgan fingerprint density at radius 1 is 1.26 bits per heavy atom. The van der Waals surface area contributed by atoms with Crippen molar-refractivity contribution in [3.05, 3.63) is 48.2 Å². The van der Waals surface area contributed by atoms with Crippen molar-refractivity contribution in [3.8, 4) is 23.5 Å². The van der Waals surface area contributed by atoms with Crippen LogP contribution in [0.25, 0.3) is 11.1 Å². The second-order valence-electron chi connectivity index (χ2n) is 6.13. The van der Waals surface area contributed by atoms with Crippen LogP contribution in [0.3, 0.4) is 0 Å². The van der Waals surface area contributed by atoms with Gasteiger partial charge in [-0.2, -0.15) is 0 Å². The standard InChI is InChI=1S/C13H14N2O2.C6H4/c1-4-10-6-5-8-14-11(10)15-9-7-13(2,3)17-12(15)16;1-2-5-4-6(5)3-1/h1,5-6,8H,7,9H2,2-3H3;1-4H. The molecule has 0 spiro atoms. The minimum absolute atomic E-state index is 0.392. The highest BCUT2D eigenvalue weighted by Gasteiger charge is 2.34. The number of anilines is 1. The first kappa shape index (κ1) is 15.1. The third-order valence-electron chi connectivity index (χ3n) is 3.83. The smallest absolute Gasteiger partial charge is 0.416 e. The molecule has 4 rings (SSSR count). The quantitative estimate of drug-likeness (QED) is 0.641. The van der Waals surface area contributed by atoms with Crippen molar-refractivity contribution in [2.45, 2.75) is 25.9 Å². The van der Waals surface area contributed by atoms with Gasteiger partial charge in [0, 0.05) is 19.2 Å². The molecule has 4 nitrogen and oxygen atoms in total. The lowest BCUT2D eigenvalue weighted by molar-refractivity contribution is 0.0234. The van der Waals surface area contributed by atoms with E-state index in [9.17, 15) is 4.79 Å². The molecule has 0 unspecified atom stereocenters. The van der Waals surface area contributed by atoms with E-state index in [4.69, 9.17) is 11.2 Å². The van der Waals surface area contributed by atoms with Crippen LogP contribution in [0.15, 0.2) is 42.6 Å². The maximum atomic E-state index is 11.9. The molecule has 2 heterocycles. The van der Waals surface area contributed by atoms with Gasteiger partial charge >= 0.3 is 6.09 Å². The fourth-order valence-electron chi connectivity index (χ4n) is 2.41. The van der Waals surface area contributed by atoms with Gasteiger partial charge in [-0.05, 0) is 43.2 Å². The normalized spacial score (nSPS) is 16.6. The SMILES string of the molecule is C#Cc1cccnc1N1CCC(C)(C)OC1=O.c1cc2cc-2c1. The number of amides is 1. The van der Waals surface area contributed by atoms with Gasteiger partial charge in [0.15, 0.2) is 5.82 Å². The van der Waals surface area contributed by atoms with Crippen molar-refractivity contribution in [2.75, 3.05) is 11.4 Å². The van der Waals surface area contributed by atoms with E-state index in [1.54, 1.807) is 18.3 Å². The van der Waals surface area contributed by atoms with Gasteiger partial charge in [-0.25, -0.2) is 9.78 Å². The van der Waals surface area contributed by atoms with Crippen molar-refractivity contribution >= 4 is 11.9 Å². The first-order chi connectivity index (χ1) is 11.0. The minimum Gasteiger partial charge on any atom is -0.443 e. The van der Waals surface area contributed by atoms with Crippen molar-refractivity contribution in [2.24, 2.45) is 0 Å². The van der Waals surface area contributed by atoms with Crippen molar-refractivity contribution in [3.63, 3.8) is 0 Å². The summed E-state index contributed by atoms with van der Waals surface area (Å²) in [5, 5.41) is 0. The number of pyridine rings is 1. The summed E-state index contributed by atoms with van der Waals surface area (Å²) in [6, 6.07) is 12.0. The number of rotatable bonds is 1. The van der Waals surface area contributed by atoms with Gasteiger partial charge < -0.3 is 4.74 Å². The van der Waals surface area contributed by atoms with Gasteiger partial charge in [0.2, 0.25) is 0 Å². The van der Waals surface area contributed by atoms with E-state index in [1.165, 1.54) is 16.0 Å². The minimum atomic E-state index is -0.418. The average Bonchev–Trinajstić information content (AvgIpc) is 3.13. The van der Waals surface area contributed by atoms with Gasteiger partial charge in [-0.15, -0.1) is 6.42 Å². The lowest BCUT2D eigenvalue weighted by Gasteiger charge is -2.36. The molecule has 0 radical (unpaired) electrons. The summed E-state index contributed by atoms with van der Waals surface area (Å²) in [5.74, 6) is 3.02. The second-order valence-corrected chi connectivity index (χ2v) is 6.13. The molecular weight excluding hydrogens is 288 g/mol. The number of aromatic nitrogens is 1. The van der Waals surface area contributed by atoms with E-state index in [0.717, 1.165) is 6.42 Å². The highest BCUT2D eigenvalue weighted by molar-refractivity contribution is 5.89. The van der Waals surface area contributed by atoms with Crippen molar-refractivity contribution in [1.82, 2.24) is 4.98 Å². The van der Waals surface area contributed by atoms with E-state index in [-0.39, 0.29) is 0 Å². The molecule has 0 saturated carbocycles. The summed E-state index contributed by atoms with van der Waals surface area (Å²) < 4.78 is 5.32. The van der Waals surface area contributed by atoms with Crippen LogP contribution in [0.2, 0.25) is 0 Å². The molecule has 1 aromatic rings. The molecule has 0 atom stereocenters. The van der Waals surface area contributed by atoms with Gasteiger partial charge in [-0.3, -0.25) is 4.90 Å². The van der Waals surface area contributed by atoms with Crippen LogP contribution in [-0.2, 0) is 4.74 Å². The number of benzene rings is 1. The number of cyclic esters (lactones) is 1. The maximum Gasteiger partial charge on any atom is 0.416 e. The molecule has 1 aliphatic heterocycles. The molecule has 0 N–H and O–H groups in total. The monoisotopic (exact) mass is 306 g/mol. The molecule has 0 bridgehead atoms. The van der Waals surface area contributed by atoms with Gasteiger partial charge in [-0.1, -0.05) is 24.1 Å². The predicted octanol–water partition coefficient (Wildman–Crippen LogP) is 3.86. The highest BCUT2D eigenvalue weighted by Crippen LogP contribution is 2.32. The number of fused-ring (bicyclic) bond motifs is 1. The van der Waals surface area contributed by atoms with Crippen LogP contribution in [0.4, 0.5) is 10.6 Å². The number of terminal acetylenes is 1. The number of hydrogen-bond donors (Lipinski definition) is 0. The summed E-state index contributed by atoms with van der Waals surface area (Å²) in [6.07, 6.45) is 7.36. The Morgan fingerprint density at radius 2 is 2.00 bits per heavy atom. The van der Waals surface area contributed by atoms with Crippen LogP contribution < -0.4 is 4.90 Å². The van der Waals surface area contributed by atoms with Crippen LogP contribution >= 0.6 is 0 Å². The van der Waals surface area contributed by atoms with E-state index in [1.807, 2.05) is 13.8 Å². The number of carbonyl (C=O) groups excluding carboxylic acids is 1. The Bertz CT molecular complexity index is 773. The molecule has 1 fully saturated rings. The maximum absolute atomic E-state index is 11.9. The van der Waals surface area contributed by atoms with Crippen LogP contribution in [0.5, 0.6) is 0 Å². The Morgan fingerprint density at radius 3 is 2.52 bits per heavy atom. The third kappa shape index (κ3) is 3.35. The van der Waals surface area contributed by atoms with Crippen LogP contribution in [0, 0.1) is 12.3 Å². The lowest BCUT2D eigenvalue weighted by Crippen LogP contribution is -2.47. The van der Waals surface area contributed by atoms with Crippen LogP contribution in [-0.4, -0.2) is 23.2 Å². The van der Waals surface area contributed by atoms with E-state index in [0.29, 0.717) is 17.9 Å². The van der Waals surface area contributed by atoms with Crippen molar-refractivity contribution < 1.29 is 9.53 Å². The molecule has 1 saturated heterocycles. The summed E-state index contributed by atoms with van der Waals surface area (Å²) in [5.41, 5.74) is 3.03. The molecule has 2 aliphatic carbocycles. The fraction of sp³-hybridized carbons (Fsp3) is 0.263. The Hall–Kier alpha value is -2.80. The Kier molecular flexibility index (Phi) is 3.79. The van der Waals surface area contributed by atoms with Gasteiger partial charge in [0.05, 0.1) is 5.56 Å². The molecular formula is C19H18N2O2. The molecule has 116 valence electrons. The van der Waals surface area contributed by atoms with Gasteiger partial charge in [0.1, 0.15) is 5.60 Å². The fourth-order valence-corrected chi connectivity index (χ4v) is 2.41. The molecule has 3 aliphatic rings. The number of ether oxygens (including phenoxy) is 1. The lowest BCUT2D eigenvalue weighted by atomic mass is 10.0. The predicted molar refractivity (Wildman–Crippen MR) is 90.1 cm³/mol. The molecule has 1 aromatic heterocycles. The van der Waals surface area contributed by atoms with Gasteiger partial charge in [0.25, 0.3) is 0 Å². The van der Waals surface area contributed by atoms with E-state index in [2.05, 4.69) is 35.2 Å². The summed E-state index contributed by atoms with van der Waals surface area (Å²) >= 11 is 0. The Balaban J connectivity index is 0.000000213. The number of nitrogens with zero attached hydrogens (tertiary/aromatic N) is 2. The van der Waals surface area contributed by atoms with Crippen molar-refractivity contribution in [1.29, 1.82) is 0 Å². The summed E-state index contributed by atoms with van der Waals surface area (Å²) in [4.78, 5) is 17.5. The average molecular weight is 306 g/mol. The molecule has 1 amide bonds. The summed E-state index contributed by atoms with van der Waals surface area (Å²) in [7, 11) is 0. The second kappa shape index (κ2) is 5.77. The molecule has 23 heavy (non-hydrogen) atoms. The largest absolute Gasteiger partial charge is 0.443 e. The first-order valence-electron chi connectivity index (χ1n) is 7.53. The zero-order valence-corrected chi connectivity index (χ0v) is 13.2.